The Morgan fingerprint density at radius 3 is 2.86 bits per heavy atom. The monoisotopic (exact) mass is 326 g/mol. The zero-order chi connectivity index (χ0) is 15.6. The number of nitrogens with one attached hydrogen (secondary N) is 1. The molecule has 0 aliphatic heterocycles. The van der Waals surface area contributed by atoms with E-state index in [1.807, 2.05) is 0 Å². The first-order chi connectivity index (χ1) is 9.88. The van der Waals surface area contributed by atoms with Crippen LogP contribution in [0.5, 0.6) is 0 Å². The molecule has 2 heterocycles. The van der Waals surface area contributed by atoms with Crippen molar-refractivity contribution in [3.8, 4) is 0 Å². The number of aromatic nitrogens is 1. The third-order valence-corrected chi connectivity index (χ3v) is 4.14. The highest BCUT2D eigenvalue weighted by atomic mass is 35.5. The third kappa shape index (κ3) is 3.47. The standard InChI is InChI=1S/C12H11ClN4O3S/c1-6(9-2-3-10(13)21-9)16-12(18)8-4-7(17(19)20)5-15-11(8)14/h2-6H,1H3,(H2,14,15)(H,16,18). The molecular formula is C12H11ClN4O3S. The molecular weight excluding hydrogens is 316 g/mol. The molecule has 1 atom stereocenters. The summed E-state index contributed by atoms with van der Waals surface area (Å²) in [5.74, 6) is -0.588. The minimum absolute atomic E-state index is 0.0290. The van der Waals surface area contributed by atoms with Crippen LogP contribution in [0.1, 0.15) is 28.2 Å². The number of pyridine rings is 1. The van der Waals surface area contributed by atoms with Crippen molar-refractivity contribution < 1.29 is 9.72 Å². The van der Waals surface area contributed by atoms with Crippen LogP contribution in [0.15, 0.2) is 24.4 Å². The highest BCUT2D eigenvalue weighted by molar-refractivity contribution is 7.16. The predicted octanol–water partition coefficient (Wildman–Crippen LogP) is 2.78. The first-order valence-electron chi connectivity index (χ1n) is 5.84. The summed E-state index contributed by atoms with van der Waals surface area (Å²) in [6.45, 7) is 1.78. The van der Waals surface area contributed by atoms with Crippen LogP contribution in [0.3, 0.4) is 0 Å². The fourth-order valence-electron chi connectivity index (χ4n) is 1.65. The summed E-state index contributed by atoms with van der Waals surface area (Å²) in [4.78, 5) is 26.8. The summed E-state index contributed by atoms with van der Waals surface area (Å²) in [6, 6.07) is 4.33. The van der Waals surface area contributed by atoms with Crippen LogP contribution in [0.25, 0.3) is 0 Å². The fourth-order valence-corrected chi connectivity index (χ4v) is 2.72. The Labute approximate surface area is 128 Å². The molecule has 3 N–H and O–H groups in total. The molecule has 0 saturated heterocycles. The maximum Gasteiger partial charge on any atom is 0.288 e. The molecule has 1 amide bonds. The van der Waals surface area contributed by atoms with E-state index in [0.717, 1.165) is 17.1 Å². The minimum Gasteiger partial charge on any atom is -0.383 e. The lowest BCUT2D eigenvalue weighted by atomic mass is 10.2. The van der Waals surface area contributed by atoms with Crippen LogP contribution in [0, 0.1) is 10.1 Å². The number of hydrogen-bond acceptors (Lipinski definition) is 6. The van der Waals surface area contributed by atoms with Crippen LogP contribution < -0.4 is 11.1 Å². The van der Waals surface area contributed by atoms with Gasteiger partial charge in [-0.1, -0.05) is 11.6 Å². The van der Waals surface area contributed by atoms with Crippen LogP contribution >= 0.6 is 22.9 Å². The average molecular weight is 327 g/mol. The van der Waals surface area contributed by atoms with E-state index in [1.165, 1.54) is 11.3 Å². The first-order valence-corrected chi connectivity index (χ1v) is 7.04. The number of halogens is 1. The van der Waals surface area contributed by atoms with Gasteiger partial charge in [0.25, 0.3) is 11.6 Å². The van der Waals surface area contributed by atoms with Crippen molar-refractivity contribution in [3.05, 3.63) is 49.3 Å². The SMILES string of the molecule is CC(NC(=O)c1cc([N+](=O)[O-])cnc1N)c1ccc(Cl)s1. The lowest BCUT2D eigenvalue weighted by molar-refractivity contribution is -0.385. The lowest BCUT2D eigenvalue weighted by Gasteiger charge is -2.12. The second kappa shape index (κ2) is 6.06. The van der Waals surface area contributed by atoms with E-state index in [0.29, 0.717) is 4.34 Å². The second-order valence-electron chi connectivity index (χ2n) is 4.22. The minimum atomic E-state index is -0.633. The normalized spacial score (nSPS) is 11.9. The largest absolute Gasteiger partial charge is 0.383 e. The van der Waals surface area contributed by atoms with Gasteiger partial charge < -0.3 is 11.1 Å². The molecule has 21 heavy (non-hydrogen) atoms. The zero-order valence-electron chi connectivity index (χ0n) is 10.9. The van der Waals surface area contributed by atoms with Gasteiger partial charge in [-0.15, -0.1) is 11.3 Å². The third-order valence-electron chi connectivity index (χ3n) is 2.73. The number of carbonyl (C=O) groups excluding carboxylic acids is 1. The van der Waals surface area contributed by atoms with E-state index in [4.69, 9.17) is 17.3 Å². The molecule has 110 valence electrons. The van der Waals surface area contributed by atoms with Crippen molar-refractivity contribution in [2.75, 3.05) is 5.73 Å². The predicted molar refractivity (Wildman–Crippen MR) is 80.5 cm³/mol. The molecule has 0 saturated carbocycles. The van der Waals surface area contributed by atoms with Gasteiger partial charge in [0.1, 0.15) is 12.0 Å². The molecule has 7 nitrogen and oxygen atoms in total. The maximum atomic E-state index is 12.1. The smallest absolute Gasteiger partial charge is 0.288 e. The van der Waals surface area contributed by atoms with Gasteiger partial charge in [0.15, 0.2) is 0 Å². The fraction of sp³-hybridized carbons (Fsp3) is 0.167. The van der Waals surface area contributed by atoms with Crippen LogP contribution in [0.4, 0.5) is 11.5 Å². The Hall–Kier alpha value is -2.19. The van der Waals surface area contributed by atoms with E-state index in [1.54, 1.807) is 19.1 Å². The molecule has 2 rings (SSSR count). The molecule has 2 aromatic rings. The Morgan fingerprint density at radius 1 is 1.57 bits per heavy atom. The molecule has 0 fully saturated rings. The molecule has 0 aliphatic rings. The number of amides is 1. The Morgan fingerprint density at radius 2 is 2.29 bits per heavy atom. The maximum absolute atomic E-state index is 12.1. The molecule has 0 radical (unpaired) electrons. The van der Waals surface area contributed by atoms with Gasteiger partial charge >= 0.3 is 0 Å². The van der Waals surface area contributed by atoms with Crippen LogP contribution in [-0.4, -0.2) is 15.8 Å². The van der Waals surface area contributed by atoms with Gasteiger partial charge in [-0.3, -0.25) is 14.9 Å². The Kier molecular flexibility index (Phi) is 4.39. The summed E-state index contributed by atoms with van der Waals surface area (Å²) in [7, 11) is 0. The highest BCUT2D eigenvalue weighted by Gasteiger charge is 2.19. The van der Waals surface area contributed by atoms with E-state index in [9.17, 15) is 14.9 Å². The number of nitrogens with two attached hydrogens (primary N) is 1. The molecule has 1 unspecified atom stereocenters. The van der Waals surface area contributed by atoms with E-state index in [-0.39, 0.29) is 23.1 Å². The summed E-state index contributed by atoms with van der Waals surface area (Å²) in [6.07, 6.45) is 1.01. The molecule has 2 aromatic heterocycles. The summed E-state index contributed by atoms with van der Waals surface area (Å²) in [5.41, 5.74) is 5.28. The van der Waals surface area contributed by atoms with Crippen molar-refractivity contribution in [1.29, 1.82) is 0 Å². The van der Waals surface area contributed by atoms with Crippen molar-refractivity contribution in [2.45, 2.75) is 13.0 Å². The number of thiophene rings is 1. The lowest BCUT2D eigenvalue weighted by Crippen LogP contribution is -2.27. The van der Waals surface area contributed by atoms with Gasteiger partial charge in [-0.05, 0) is 19.1 Å². The molecule has 0 spiro atoms. The number of anilines is 1. The van der Waals surface area contributed by atoms with Crippen LogP contribution in [-0.2, 0) is 0 Å². The van der Waals surface area contributed by atoms with Gasteiger partial charge in [-0.2, -0.15) is 0 Å². The molecule has 9 heteroatoms. The number of rotatable bonds is 4. The van der Waals surface area contributed by atoms with E-state index >= 15 is 0 Å². The summed E-state index contributed by atoms with van der Waals surface area (Å²) < 4.78 is 0.614. The number of hydrogen-bond donors (Lipinski definition) is 2. The van der Waals surface area contributed by atoms with Gasteiger partial charge in [-0.25, -0.2) is 4.98 Å². The van der Waals surface area contributed by atoms with E-state index in [2.05, 4.69) is 10.3 Å². The quantitative estimate of drug-likeness (QED) is 0.662. The van der Waals surface area contributed by atoms with Gasteiger partial charge in [0, 0.05) is 10.9 Å². The molecule has 0 aliphatic carbocycles. The van der Waals surface area contributed by atoms with Crippen LogP contribution in [0.2, 0.25) is 4.34 Å². The van der Waals surface area contributed by atoms with Gasteiger partial charge in [0.2, 0.25) is 0 Å². The van der Waals surface area contributed by atoms with Crippen molar-refractivity contribution in [3.63, 3.8) is 0 Å². The Balaban J connectivity index is 2.20. The number of carbonyl (C=O) groups is 1. The van der Waals surface area contributed by atoms with Gasteiger partial charge in [0.05, 0.1) is 20.9 Å². The molecule has 0 bridgehead atoms. The molecule has 0 aromatic carbocycles. The van der Waals surface area contributed by atoms with Crippen molar-refractivity contribution >= 4 is 40.4 Å². The number of nitrogen functional groups attached to an aromatic ring is 1. The Bertz CT molecular complexity index is 704. The topological polar surface area (TPSA) is 111 Å². The van der Waals surface area contributed by atoms with Crippen molar-refractivity contribution in [2.24, 2.45) is 0 Å². The highest BCUT2D eigenvalue weighted by Crippen LogP contribution is 2.27. The second-order valence-corrected chi connectivity index (χ2v) is 5.97. The number of nitrogens with zero attached hydrogens (tertiary/aromatic N) is 2. The first kappa shape index (κ1) is 15.2. The number of nitro groups is 1. The summed E-state index contributed by atoms with van der Waals surface area (Å²) in [5, 5.41) is 13.4. The average Bonchev–Trinajstić information content (AvgIpc) is 2.85. The van der Waals surface area contributed by atoms with Crippen molar-refractivity contribution in [1.82, 2.24) is 10.3 Å². The summed E-state index contributed by atoms with van der Waals surface area (Å²) >= 11 is 7.18. The van der Waals surface area contributed by atoms with E-state index < -0.39 is 10.8 Å². The zero-order valence-corrected chi connectivity index (χ0v) is 12.4.